The largest absolute Gasteiger partial charge is 0.396 e. The van der Waals surface area contributed by atoms with Crippen LogP contribution >= 0.6 is 0 Å². The third kappa shape index (κ3) is 30.1. The third-order valence-corrected chi connectivity index (χ3v) is 8.20. The fourth-order valence-corrected chi connectivity index (χ4v) is 5.71. The van der Waals surface area contributed by atoms with Crippen LogP contribution < -0.4 is 0 Å². The summed E-state index contributed by atoms with van der Waals surface area (Å²) in [6.07, 6.45) is 42.7. The number of hydrogen-bond acceptors (Lipinski definition) is 1. The Kier molecular flexibility index (Phi) is 32.0. The van der Waals surface area contributed by atoms with Crippen molar-refractivity contribution in [3.05, 3.63) is 0 Å². The first-order valence-corrected chi connectivity index (χ1v) is 17.0. The summed E-state index contributed by atoms with van der Waals surface area (Å²) >= 11 is 0. The summed E-state index contributed by atoms with van der Waals surface area (Å²) in [5, 5.41) is 9.28. The van der Waals surface area contributed by atoms with E-state index in [0.717, 1.165) is 12.3 Å². The van der Waals surface area contributed by atoms with Gasteiger partial charge < -0.3 is 5.11 Å². The second-order valence-corrected chi connectivity index (χ2v) is 11.8. The zero-order chi connectivity index (χ0) is 25.5. The maximum atomic E-state index is 9.28. The maximum Gasteiger partial charge on any atom is 0.0431 e. The summed E-state index contributed by atoms with van der Waals surface area (Å²) in [6.45, 7) is 4.99. The van der Waals surface area contributed by atoms with Gasteiger partial charge in [-0.15, -0.1) is 0 Å². The lowest BCUT2D eigenvalue weighted by atomic mass is 9.90. The minimum atomic E-state index is 0.383. The van der Waals surface area contributed by atoms with E-state index in [4.69, 9.17) is 0 Å². The highest BCUT2D eigenvalue weighted by molar-refractivity contribution is 4.62. The molecule has 0 aliphatic heterocycles. The summed E-state index contributed by atoms with van der Waals surface area (Å²) in [4.78, 5) is 0. The van der Waals surface area contributed by atoms with E-state index in [1.807, 2.05) is 0 Å². The van der Waals surface area contributed by atoms with Gasteiger partial charge in [0.25, 0.3) is 0 Å². The van der Waals surface area contributed by atoms with Gasteiger partial charge in [0, 0.05) is 6.61 Å². The molecule has 1 N–H and O–H groups in total. The van der Waals surface area contributed by atoms with Crippen molar-refractivity contribution in [2.24, 2.45) is 5.92 Å². The highest BCUT2D eigenvalue weighted by atomic mass is 16.2. The zero-order valence-corrected chi connectivity index (χ0v) is 24.9. The van der Waals surface area contributed by atoms with Crippen molar-refractivity contribution in [3.63, 3.8) is 0 Å². The molecule has 0 saturated carbocycles. The van der Waals surface area contributed by atoms with Crippen molar-refractivity contribution in [2.75, 3.05) is 6.61 Å². The molecule has 212 valence electrons. The number of aliphatic hydroxyl groups excluding tert-OH is 1. The fourth-order valence-electron chi connectivity index (χ4n) is 5.71. The molecule has 0 rings (SSSR count). The minimum Gasteiger partial charge on any atom is -0.396 e. The average molecular weight is 495 g/mol. The normalized spacial score (nSPS) is 12.4. The van der Waals surface area contributed by atoms with Crippen molar-refractivity contribution in [1.82, 2.24) is 0 Å². The van der Waals surface area contributed by atoms with Gasteiger partial charge in [0.15, 0.2) is 0 Å². The SMILES string of the molecule is CCCCCCCCCCCCCCCCC(CCCO)CCCCCCCCCCCCCC. The Labute approximate surface area is 224 Å². The lowest BCUT2D eigenvalue weighted by Crippen LogP contribution is -2.02. The Morgan fingerprint density at radius 1 is 0.314 bits per heavy atom. The van der Waals surface area contributed by atoms with Crippen LogP contribution in [0.2, 0.25) is 0 Å². The van der Waals surface area contributed by atoms with Gasteiger partial charge >= 0.3 is 0 Å². The van der Waals surface area contributed by atoms with E-state index >= 15 is 0 Å². The van der Waals surface area contributed by atoms with Crippen LogP contribution in [0, 0.1) is 5.92 Å². The summed E-state index contributed by atoms with van der Waals surface area (Å²) in [5.74, 6) is 0.877. The summed E-state index contributed by atoms with van der Waals surface area (Å²) in [7, 11) is 0. The summed E-state index contributed by atoms with van der Waals surface area (Å²) in [6, 6.07) is 0. The van der Waals surface area contributed by atoms with Crippen molar-refractivity contribution >= 4 is 0 Å². The van der Waals surface area contributed by atoms with Crippen molar-refractivity contribution in [1.29, 1.82) is 0 Å². The molecule has 0 saturated heterocycles. The molecule has 0 amide bonds. The monoisotopic (exact) mass is 495 g/mol. The van der Waals surface area contributed by atoms with Gasteiger partial charge in [0.2, 0.25) is 0 Å². The van der Waals surface area contributed by atoms with Gasteiger partial charge in [-0.2, -0.15) is 0 Å². The van der Waals surface area contributed by atoms with Crippen LogP contribution in [0.3, 0.4) is 0 Å². The van der Waals surface area contributed by atoms with Gasteiger partial charge in [-0.25, -0.2) is 0 Å². The standard InChI is InChI=1S/C34H70O/c1-3-5-7-9-11-13-15-17-18-20-22-24-26-28-31-34(32-29-33-35)30-27-25-23-21-19-16-14-12-10-8-6-4-2/h34-35H,3-33H2,1-2H3. The Hall–Kier alpha value is -0.0400. The van der Waals surface area contributed by atoms with E-state index < -0.39 is 0 Å². The van der Waals surface area contributed by atoms with E-state index in [1.165, 1.54) is 186 Å². The first kappa shape index (κ1) is 35.0. The quantitative estimate of drug-likeness (QED) is 0.0950. The van der Waals surface area contributed by atoms with Crippen LogP contribution in [0.15, 0.2) is 0 Å². The van der Waals surface area contributed by atoms with E-state index in [0.29, 0.717) is 6.61 Å². The molecule has 0 fully saturated rings. The first-order valence-electron chi connectivity index (χ1n) is 17.0. The molecule has 0 heterocycles. The van der Waals surface area contributed by atoms with E-state index in [-0.39, 0.29) is 0 Å². The first-order chi connectivity index (χ1) is 17.3. The van der Waals surface area contributed by atoms with E-state index in [1.54, 1.807) is 0 Å². The lowest BCUT2D eigenvalue weighted by Gasteiger charge is -2.16. The zero-order valence-electron chi connectivity index (χ0n) is 24.9. The number of rotatable bonds is 31. The van der Waals surface area contributed by atoms with Crippen LogP contribution in [-0.2, 0) is 0 Å². The average Bonchev–Trinajstić information content (AvgIpc) is 2.87. The smallest absolute Gasteiger partial charge is 0.0431 e. The molecule has 0 aliphatic rings. The predicted octanol–water partition coefficient (Wildman–Crippen LogP) is 12.3. The molecule has 0 spiro atoms. The highest BCUT2D eigenvalue weighted by Crippen LogP contribution is 2.23. The second-order valence-electron chi connectivity index (χ2n) is 11.8. The third-order valence-electron chi connectivity index (χ3n) is 8.20. The van der Waals surface area contributed by atoms with E-state index in [9.17, 15) is 5.11 Å². The van der Waals surface area contributed by atoms with Gasteiger partial charge in [-0.05, 0) is 18.8 Å². The molecule has 0 aromatic rings. The molecule has 1 atom stereocenters. The fraction of sp³-hybridized carbons (Fsp3) is 1.00. The van der Waals surface area contributed by atoms with Crippen LogP contribution in [0.4, 0.5) is 0 Å². The Morgan fingerprint density at radius 3 is 0.800 bits per heavy atom. The Bertz CT molecular complexity index is 352. The summed E-state index contributed by atoms with van der Waals surface area (Å²) in [5.41, 5.74) is 0. The molecule has 1 unspecified atom stereocenters. The maximum absolute atomic E-state index is 9.28. The van der Waals surface area contributed by atoms with Crippen molar-refractivity contribution < 1.29 is 5.11 Å². The molecule has 1 nitrogen and oxygen atoms in total. The summed E-state index contributed by atoms with van der Waals surface area (Å²) < 4.78 is 0. The predicted molar refractivity (Wildman–Crippen MR) is 160 cm³/mol. The molecule has 35 heavy (non-hydrogen) atoms. The van der Waals surface area contributed by atoms with Gasteiger partial charge in [0.05, 0.1) is 0 Å². The molecule has 0 aromatic heterocycles. The molecular formula is C34H70O. The van der Waals surface area contributed by atoms with Crippen molar-refractivity contribution in [2.45, 2.75) is 206 Å². The van der Waals surface area contributed by atoms with Crippen LogP contribution in [-0.4, -0.2) is 11.7 Å². The highest BCUT2D eigenvalue weighted by Gasteiger charge is 2.08. The molecule has 0 aromatic carbocycles. The Balaban J connectivity index is 3.47. The van der Waals surface area contributed by atoms with Crippen LogP contribution in [0.1, 0.15) is 206 Å². The van der Waals surface area contributed by atoms with Gasteiger partial charge in [0.1, 0.15) is 0 Å². The van der Waals surface area contributed by atoms with E-state index in [2.05, 4.69) is 13.8 Å². The second kappa shape index (κ2) is 32.0. The number of hydrogen-bond donors (Lipinski definition) is 1. The molecule has 0 bridgehead atoms. The van der Waals surface area contributed by atoms with Crippen molar-refractivity contribution in [3.8, 4) is 0 Å². The topological polar surface area (TPSA) is 20.2 Å². The lowest BCUT2D eigenvalue weighted by molar-refractivity contribution is 0.261. The Morgan fingerprint density at radius 2 is 0.543 bits per heavy atom. The van der Waals surface area contributed by atoms with Crippen LogP contribution in [0.25, 0.3) is 0 Å². The van der Waals surface area contributed by atoms with Gasteiger partial charge in [-0.1, -0.05) is 194 Å². The molecule has 0 radical (unpaired) electrons. The molecule has 1 heteroatoms. The number of unbranched alkanes of at least 4 members (excludes halogenated alkanes) is 24. The number of aliphatic hydroxyl groups is 1. The van der Waals surface area contributed by atoms with Gasteiger partial charge in [-0.3, -0.25) is 0 Å². The molecule has 0 aliphatic carbocycles. The minimum absolute atomic E-state index is 0.383. The van der Waals surface area contributed by atoms with Crippen LogP contribution in [0.5, 0.6) is 0 Å². The molecular weight excluding hydrogens is 424 g/mol.